The summed E-state index contributed by atoms with van der Waals surface area (Å²) in [6, 6.07) is 6.82. The molecule has 0 spiro atoms. The van der Waals surface area contributed by atoms with Gasteiger partial charge in [0.15, 0.2) is 0 Å². The first-order chi connectivity index (χ1) is 9.24. The summed E-state index contributed by atoms with van der Waals surface area (Å²) >= 11 is 0. The number of aliphatic hydroxyl groups is 1. The second kappa shape index (κ2) is 6.92. The van der Waals surface area contributed by atoms with Crippen LogP contribution in [0.2, 0.25) is 0 Å². The molecule has 0 radical (unpaired) electrons. The van der Waals surface area contributed by atoms with E-state index in [1.807, 2.05) is 0 Å². The number of aliphatic hydroxyl groups excluding tert-OH is 1. The molecule has 0 aliphatic carbocycles. The Morgan fingerprint density at radius 1 is 1.32 bits per heavy atom. The molecule has 3 nitrogen and oxygen atoms in total. The van der Waals surface area contributed by atoms with E-state index in [2.05, 4.69) is 42.0 Å². The van der Waals surface area contributed by atoms with Gasteiger partial charge >= 0.3 is 0 Å². The molecule has 0 fully saturated rings. The van der Waals surface area contributed by atoms with Crippen LogP contribution in [0.4, 0.5) is 5.69 Å². The molecule has 19 heavy (non-hydrogen) atoms. The second-order valence-corrected chi connectivity index (χ2v) is 5.49. The van der Waals surface area contributed by atoms with E-state index >= 15 is 0 Å². The Balaban J connectivity index is 2.01. The Morgan fingerprint density at radius 2 is 2.16 bits per heavy atom. The van der Waals surface area contributed by atoms with Gasteiger partial charge in [-0.1, -0.05) is 25.5 Å². The number of rotatable bonds is 7. The normalized spacial score (nSPS) is 14.2. The Bertz CT molecular complexity index is 406. The summed E-state index contributed by atoms with van der Waals surface area (Å²) < 4.78 is 0. The van der Waals surface area contributed by atoms with Crippen LogP contribution in [0.3, 0.4) is 0 Å². The first-order valence-electron chi connectivity index (χ1n) is 7.40. The lowest BCUT2D eigenvalue weighted by Gasteiger charge is -2.21. The van der Waals surface area contributed by atoms with Crippen LogP contribution in [0.15, 0.2) is 18.2 Å². The standard InChI is InChI=1S/C16H26N2O/c1-3-4-8-18(10-11-19)13-14-5-6-16-15(12-14)7-9-17(16)2/h5-6,12,19H,3-4,7-11,13H2,1-2H3. The van der Waals surface area contributed by atoms with E-state index in [9.17, 15) is 0 Å². The molecular weight excluding hydrogens is 236 g/mol. The van der Waals surface area contributed by atoms with Gasteiger partial charge in [-0.3, -0.25) is 4.90 Å². The summed E-state index contributed by atoms with van der Waals surface area (Å²) in [5, 5.41) is 9.16. The highest BCUT2D eigenvalue weighted by molar-refractivity contribution is 5.58. The number of likely N-dealkylation sites (N-methyl/N-ethyl adjacent to an activating group) is 1. The highest BCUT2D eigenvalue weighted by atomic mass is 16.3. The molecule has 1 aromatic carbocycles. The highest BCUT2D eigenvalue weighted by Crippen LogP contribution is 2.27. The molecule has 0 saturated carbocycles. The summed E-state index contributed by atoms with van der Waals surface area (Å²) in [6.45, 7) is 6.40. The fourth-order valence-electron chi connectivity index (χ4n) is 2.77. The van der Waals surface area contributed by atoms with Crippen molar-refractivity contribution in [2.75, 3.05) is 38.2 Å². The number of nitrogens with zero attached hydrogens (tertiary/aromatic N) is 2. The maximum atomic E-state index is 9.16. The van der Waals surface area contributed by atoms with Crippen LogP contribution in [0.5, 0.6) is 0 Å². The number of fused-ring (bicyclic) bond motifs is 1. The van der Waals surface area contributed by atoms with Gasteiger partial charge < -0.3 is 10.0 Å². The lowest BCUT2D eigenvalue weighted by molar-refractivity contribution is 0.188. The van der Waals surface area contributed by atoms with E-state index < -0.39 is 0 Å². The molecule has 0 aromatic heterocycles. The van der Waals surface area contributed by atoms with Gasteiger partial charge in [0.25, 0.3) is 0 Å². The average molecular weight is 262 g/mol. The third-order valence-corrected chi connectivity index (χ3v) is 3.92. The zero-order valence-corrected chi connectivity index (χ0v) is 12.2. The van der Waals surface area contributed by atoms with Gasteiger partial charge in [0.1, 0.15) is 0 Å². The molecule has 1 aliphatic heterocycles. The quantitative estimate of drug-likeness (QED) is 0.816. The highest BCUT2D eigenvalue weighted by Gasteiger charge is 2.16. The van der Waals surface area contributed by atoms with Crippen LogP contribution in [-0.4, -0.2) is 43.3 Å². The summed E-state index contributed by atoms with van der Waals surface area (Å²) in [5.41, 5.74) is 4.23. The third kappa shape index (κ3) is 3.71. The molecule has 0 unspecified atom stereocenters. The lowest BCUT2D eigenvalue weighted by atomic mass is 10.1. The molecule has 0 atom stereocenters. The topological polar surface area (TPSA) is 26.7 Å². The molecule has 0 saturated heterocycles. The van der Waals surface area contributed by atoms with E-state index in [-0.39, 0.29) is 6.61 Å². The van der Waals surface area contributed by atoms with Crippen LogP contribution in [0.25, 0.3) is 0 Å². The van der Waals surface area contributed by atoms with Crippen molar-refractivity contribution in [3.63, 3.8) is 0 Å². The number of unbranched alkanes of at least 4 members (excludes halogenated alkanes) is 1. The van der Waals surface area contributed by atoms with Crippen molar-refractivity contribution in [3.05, 3.63) is 29.3 Å². The van der Waals surface area contributed by atoms with Crippen LogP contribution >= 0.6 is 0 Å². The third-order valence-electron chi connectivity index (χ3n) is 3.92. The van der Waals surface area contributed by atoms with Crippen LogP contribution in [-0.2, 0) is 13.0 Å². The van der Waals surface area contributed by atoms with Gasteiger partial charge in [0.2, 0.25) is 0 Å². The average Bonchev–Trinajstić information content (AvgIpc) is 2.77. The minimum atomic E-state index is 0.247. The largest absolute Gasteiger partial charge is 0.395 e. The Labute approximate surface area is 116 Å². The summed E-state index contributed by atoms with van der Waals surface area (Å²) in [6.07, 6.45) is 3.57. The van der Waals surface area contributed by atoms with E-state index in [0.29, 0.717) is 0 Å². The predicted molar refractivity (Wildman–Crippen MR) is 80.7 cm³/mol. The first kappa shape index (κ1) is 14.4. The molecule has 106 valence electrons. The van der Waals surface area contributed by atoms with Crippen molar-refractivity contribution in [1.29, 1.82) is 0 Å². The number of hydrogen-bond acceptors (Lipinski definition) is 3. The lowest BCUT2D eigenvalue weighted by Crippen LogP contribution is -2.27. The van der Waals surface area contributed by atoms with Crippen LogP contribution < -0.4 is 4.90 Å². The molecule has 2 rings (SSSR count). The van der Waals surface area contributed by atoms with E-state index in [0.717, 1.165) is 32.6 Å². The van der Waals surface area contributed by atoms with Gasteiger partial charge in [0.05, 0.1) is 6.61 Å². The Morgan fingerprint density at radius 3 is 2.89 bits per heavy atom. The molecule has 1 N–H and O–H groups in total. The van der Waals surface area contributed by atoms with E-state index in [1.165, 1.54) is 29.7 Å². The molecule has 1 aromatic rings. The molecule has 3 heteroatoms. The zero-order valence-electron chi connectivity index (χ0n) is 12.2. The second-order valence-electron chi connectivity index (χ2n) is 5.49. The van der Waals surface area contributed by atoms with Crippen LogP contribution in [0, 0.1) is 0 Å². The van der Waals surface area contributed by atoms with Gasteiger partial charge in [-0.25, -0.2) is 0 Å². The molecule has 1 aliphatic rings. The van der Waals surface area contributed by atoms with Gasteiger partial charge in [0, 0.05) is 32.4 Å². The molecule has 0 amide bonds. The van der Waals surface area contributed by atoms with Crippen molar-refractivity contribution < 1.29 is 5.11 Å². The van der Waals surface area contributed by atoms with Crippen molar-refractivity contribution in [2.24, 2.45) is 0 Å². The van der Waals surface area contributed by atoms with Crippen molar-refractivity contribution in [2.45, 2.75) is 32.7 Å². The number of benzene rings is 1. The predicted octanol–water partition coefficient (Wildman–Crippen LogP) is 2.27. The van der Waals surface area contributed by atoms with Crippen molar-refractivity contribution in [3.8, 4) is 0 Å². The van der Waals surface area contributed by atoms with Gasteiger partial charge in [-0.2, -0.15) is 0 Å². The maximum absolute atomic E-state index is 9.16. The smallest absolute Gasteiger partial charge is 0.0558 e. The van der Waals surface area contributed by atoms with Crippen molar-refractivity contribution >= 4 is 5.69 Å². The van der Waals surface area contributed by atoms with E-state index in [4.69, 9.17) is 5.11 Å². The van der Waals surface area contributed by atoms with E-state index in [1.54, 1.807) is 0 Å². The van der Waals surface area contributed by atoms with Crippen molar-refractivity contribution in [1.82, 2.24) is 4.90 Å². The minimum Gasteiger partial charge on any atom is -0.395 e. The molecule has 1 heterocycles. The fraction of sp³-hybridized carbons (Fsp3) is 0.625. The van der Waals surface area contributed by atoms with Gasteiger partial charge in [-0.15, -0.1) is 0 Å². The summed E-state index contributed by atoms with van der Waals surface area (Å²) in [7, 11) is 2.16. The summed E-state index contributed by atoms with van der Waals surface area (Å²) in [5.74, 6) is 0. The number of hydrogen-bond donors (Lipinski definition) is 1. The fourth-order valence-corrected chi connectivity index (χ4v) is 2.77. The van der Waals surface area contributed by atoms with Crippen LogP contribution in [0.1, 0.15) is 30.9 Å². The van der Waals surface area contributed by atoms with Gasteiger partial charge in [-0.05, 0) is 36.6 Å². The number of anilines is 1. The Hall–Kier alpha value is -1.06. The molecular formula is C16H26N2O. The first-order valence-corrected chi connectivity index (χ1v) is 7.40. The maximum Gasteiger partial charge on any atom is 0.0558 e. The Kier molecular flexibility index (Phi) is 5.23. The minimum absolute atomic E-state index is 0.247. The monoisotopic (exact) mass is 262 g/mol. The molecule has 0 bridgehead atoms. The SMILES string of the molecule is CCCCN(CCO)Cc1ccc2c(c1)CCN2C. The zero-order chi connectivity index (χ0) is 13.7. The summed E-state index contributed by atoms with van der Waals surface area (Å²) in [4.78, 5) is 4.67.